The molecule has 0 saturated carbocycles. The Morgan fingerprint density at radius 1 is 1.29 bits per heavy atom. The zero-order valence-corrected chi connectivity index (χ0v) is 13.0. The van der Waals surface area contributed by atoms with Crippen molar-refractivity contribution in [3.63, 3.8) is 0 Å². The molecule has 0 unspecified atom stereocenters. The number of carbonyl (C=O) groups is 1. The van der Waals surface area contributed by atoms with E-state index >= 15 is 0 Å². The summed E-state index contributed by atoms with van der Waals surface area (Å²) in [6.45, 7) is 1.89. The Balaban J connectivity index is 1.89. The molecular weight excluding hydrogens is 309 g/mol. The Morgan fingerprint density at radius 2 is 2.05 bits per heavy atom. The third-order valence-corrected chi connectivity index (χ3v) is 4.21. The lowest BCUT2D eigenvalue weighted by Gasteiger charge is -2.14. The van der Waals surface area contributed by atoms with Gasteiger partial charge >= 0.3 is 0 Å². The van der Waals surface area contributed by atoms with Gasteiger partial charge in [0.05, 0.1) is 11.8 Å². The molecule has 0 fully saturated rings. The fourth-order valence-corrected chi connectivity index (χ4v) is 2.80. The normalized spacial score (nSPS) is 12.0. The Bertz CT molecular complexity index is 635. The summed E-state index contributed by atoms with van der Waals surface area (Å²) in [6, 6.07) is 13.6. The fourth-order valence-electron chi connectivity index (χ4n) is 1.85. The molecular formula is C16H15ClFNOS. The minimum absolute atomic E-state index is 0.141. The first kappa shape index (κ1) is 15.9. The van der Waals surface area contributed by atoms with Crippen LogP contribution >= 0.6 is 23.4 Å². The van der Waals surface area contributed by atoms with Gasteiger partial charge in [-0.15, -0.1) is 11.8 Å². The largest absolute Gasteiger partial charge is 0.349 e. The van der Waals surface area contributed by atoms with Crippen LogP contribution in [0.4, 0.5) is 4.39 Å². The quantitative estimate of drug-likeness (QED) is 0.824. The Hall–Kier alpha value is -1.52. The summed E-state index contributed by atoms with van der Waals surface area (Å²) in [7, 11) is 0. The van der Waals surface area contributed by atoms with Gasteiger partial charge in [0, 0.05) is 9.92 Å². The predicted octanol–water partition coefficient (Wildman–Crippen LogP) is 4.45. The van der Waals surface area contributed by atoms with Crippen LogP contribution in [0.15, 0.2) is 53.4 Å². The second-order valence-electron chi connectivity index (χ2n) is 4.56. The van der Waals surface area contributed by atoms with Crippen LogP contribution in [0.3, 0.4) is 0 Å². The lowest BCUT2D eigenvalue weighted by atomic mass is 10.1. The smallest absolute Gasteiger partial charge is 0.230 e. The van der Waals surface area contributed by atoms with Crippen molar-refractivity contribution >= 4 is 29.3 Å². The topological polar surface area (TPSA) is 29.1 Å². The van der Waals surface area contributed by atoms with Crippen molar-refractivity contribution in [1.82, 2.24) is 5.32 Å². The van der Waals surface area contributed by atoms with Crippen molar-refractivity contribution in [3.05, 3.63) is 64.9 Å². The van der Waals surface area contributed by atoms with Crippen molar-refractivity contribution in [2.75, 3.05) is 5.75 Å². The third-order valence-electron chi connectivity index (χ3n) is 2.92. The van der Waals surface area contributed by atoms with E-state index < -0.39 is 0 Å². The number of hydrogen-bond acceptors (Lipinski definition) is 2. The van der Waals surface area contributed by atoms with Crippen LogP contribution in [0.5, 0.6) is 0 Å². The maximum Gasteiger partial charge on any atom is 0.230 e. The maximum absolute atomic E-state index is 13.4. The average Bonchev–Trinajstić information content (AvgIpc) is 2.46. The number of benzene rings is 2. The van der Waals surface area contributed by atoms with Gasteiger partial charge in [0.15, 0.2) is 0 Å². The molecule has 2 aromatic rings. The van der Waals surface area contributed by atoms with Crippen LogP contribution in [-0.2, 0) is 4.79 Å². The number of nitrogens with one attached hydrogen (secondary N) is 1. The second-order valence-corrected chi connectivity index (χ2v) is 6.02. The summed E-state index contributed by atoms with van der Waals surface area (Å²) < 4.78 is 13.4. The molecule has 0 aliphatic carbocycles. The molecule has 1 N–H and O–H groups in total. The summed E-state index contributed by atoms with van der Waals surface area (Å²) in [5, 5.41) is 3.51. The number of carbonyl (C=O) groups excluding carboxylic acids is 1. The Morgan fingerprint density at radius 3 is 2.76 bits per heavy atom. The van der Waals surface area contributed by atoms with Crippen molar-refractivity contribution in [2.45, 2.75) is 17.9 Å². The van der Waals surface area contributed by atoms with Gasteiger partial charge in [0.1, 0.15) is 5.82 Å². The van der Waals surface area contributed by atoms with Crippen LogP contribution in [0.2, 0.25) is 5.02 Å². The maximum atomic E-state index is 13.4. The molecule has 2 rings (SSSR count). The van der Waals surface area contributed by atoms with Crippen molar-refractivity contribution in [2.24, 2.45) is 0 Å². The van der Waals surface area contributed by atoms with E-state index in [9.17, 15) is 9.18 Å². The van der Waals surface area contributed by atoms with Gasteiger partial charge in [-0.3, -0.25) is 4.79 Å². The van der Waals surface area contributed by atoms with Gasteiger partial charge in [0.25, 0.3) is 0 Å². The van der Waals surface area contributed by atoms with Gasteiger partial charge in [0.2, 0.25) is 5.91 Å². The molecule has 0 bridgehead atoms. The lowest BCUT2D eigenvalue weighted by Crippen LogP contribution is -2.28. The van der Waals surface area contributed by atoms with Crippen LogP contribution in [-0.4, -0.2) is 11.7 Å². The van der Waals surface area contributed by atoms with Crippen LogP contribution in [0.25, 0.3) is 0 Å². The van der Waals surface area contributed by atoms with E-state index in [4.69, 9.17) is 11.6 Å². The Kier molecular flexibility index (Phi) is 5.65. The molecule has 5 heteroatoms. The predicted molar refractivity (Wildman–Crippen MR) is 85.1 cm³/mol. The lowest BCUT2D eigenvalue weighted by molar-refractivity contribution is -0.119. The van der Waals surface area contributed by atoms with Gasteiger partial charge in [-0.1, -0.05) is 35.9 Å². The minimum atomic E-state index is -0.307. The first-order valence-corrected chi connectivity index (χ1v) is 7.85. The second kappa shape index (κ2) is 7.48. The molecule has 2 aromatic carbocycles. The van der Waals surface area contributed by atoms with Crippen LogP contribution < -0.4 is 5.32 Å². The van der Waals surface area contributed by atoms with E-state index in [0.717, 1.165) is 5.56 Å². The van der Waals surface area contributed by atoms with Crippen LogP contribution in [0.1, 0.15) is 18.5 Å². The van der Waals surface area contributed by atoms with Crippen molar-refractivity contribution in [1.29, 1.82) is 0 Å². The van der Waals surface area contributed by atoms with E-state index in [2.05, 4.69) is 5.32 Å². The number of amides is 1. The highest BCUT2D eigenvalue weighted by molar-refractivity contribution is 8.00. The zero-order chi connectivity index (χ0) is 15.2. The number of thioether (sulfide) groups is 1. The molecule has 1 amide bonds. The van der Waals surface area contributed by atoms with Gasteiger partial charge in [-0.25, -0.2) is 4.39 Å². The van der Waals surface area contributed by atoms with Crippen LogP contribution in [0, 0.1) is 5.82 Å². The Labute approximate surface area is 132 Å². The summed E-state index contributed by atoms with van der Waals surface area (Å²) in [5.74, 6) is -0.278. The first-order valence-electron chi connectivity index (χ1n) is 6.48. The SMILES string of the molecule is C[C@@H](NC(=O)CSc1ccccc1F)c1cccc(Cl)c1. The van der Waals surface area contributed by atoms with E-state index in [1.54, 1.807) is 24.3 Å². The molecule has 0 saturated heterocycles. The third kappa shape index (κ3) is 4.76. The van der Waals surface area contributed by atoms with Gasteiger partial charge in [-0.2, -0.15) is 0 Å². The minimum Gasteiger partial charge on any atom is -0.349 e. The molecule has 0 aromatic heterocycles. The summed E-state index contributed by atoms with van der Waals surface area (Å²) in [6.07, 6.45) is 0. The molecule has 0 radical (unpaired) electrons. The molecule has 0 aliphatic rings. The number of hydrogen-bond donors (Lipinski definition) is 1. The molecule has 0 spiro atoms. The standard InChI is InChI=1S/C16H15ClFNOS/c1-11(12-5-4-6-13(17)9-12)19-16(20)10-21-15-8-3-2-7-14(15)18/h2-9,11H,10H2,1H3,(H,19,20)/t11-/m1/s1. The monoisotopic (exact) mass is 323 g/mol. The first-order chi connectivity index (χ1) is 10.1. The van der Waals surface area contributed by atoms with E-state index in [-0.39, 0.29) is 23.5 Å². The summed E-state index contributed by atoms with van der Waals surface area (Å²) >= 11 is 7.11. The highest BCUT2D eigenvalue weighted by Crippen LogP contribution is 2.22. The van der Waals surface area contributed by atoms with E-state index in [1.165, 1.54) is 17.8 Å². The number of halogens is 2. The molecule has 0 heterocycles. The molecule has 1 atom stereocenters. The molecule has 2 nitrogen and oxygen atoms in total. The van der Waals surface area contributed by atoms with Gasteiger partial charge in [-0.05, 0) is 36.8 Å². The summed E-state index contributed by atoms with van der Waals surface area (Å²) in [5.41, 5.74) is 0.937. The number of rotatable bonds is 5. The molecule has 110 valence electrons. The van der Waals surface area contributed by atoms with Crippen molar-refractivity contribution in [3.8, 4) is 0 Å². The van der Waals surface area contributed by atoms with E-state index in [0.29, 0.717) is 9.92 Å². The zero-order valence-electron chi connectivity index (χ0n) is 11.5. The highest BCUT2D eigenvalue weighted by atomic mass is 35.5. The average molecular weight is 324 g/mol. The van der Waals surface area contributed by atoms with Crippen molar-refractivity contribution < 1.29 is 9.18 Å². The van der Waals surface area contributed by atoms with Gasteiger partial charge < -0.3 is 5.32 Å². The summed E-state index contributed by atoms with van der Waals surface area (Å²) in [4.78, 5) is 12.4. The molecule has 0 aliphatic heterocycles. The highest BCUT2D eigenvalue weighted by Gasteiger charge is 2.11. The fraction of sp³-hybridized carbons (Fsp3) is 0.188. The van der Waals surface area contributed by atoms with E-state index in [1.807, 2.05) is 25.1 Å². The molecule has 21 heavy (non-hydrogen) atoms.